The van der Waals surface area contributed by atoms with Gasteiger partial charge in [0.15, 0.2) is 0 Å². The van der Waals surface area contributed by atoms with E-state index in [9.17, 15) is 0 Å². The first kappa shape index (κ1) is 14.1. The summed E-state index contributed by atoms with van der Waals surface area (Å²) in [4.78, 5) is 10.9. The van der Waals surface area contributed by atoms with Crippen molar-refractivity contribution in [2.75, 3.05) is 30.7 Å². The number of nitrogens with two attached hydrogens (primary N) is 1. The molecule has 6 heteroatoms. The van der Waals surface area contributed by atoms with Gasteiger partial charge in [0, 0.05) is 19.1 Å². The number of hydrogen-bond acceptors (Lipinski definition) is 6. The molecule has 3 rings (SSSR count). The molecule has 0 spiro atoms. The lowest BCUT2D eigenvalue weighted by atomic mass is 10.1. The summed E-state index contributed by atoms with van der Waals surface area (Å²) in [7, 11) is 0. The summed E-state index contributed by atoms with van der Waals surface area (Å²) in [6.45, 7) is 3.26. The van der Waals surface area contributed by atoms with Crippen molar-refractivity contribution >= 4 is 11.8 Å². The summed E-state index contributed by atoms with van der Waals surface area (Å²) in [5.41, 5.74) is 6.03. The number of anilines is 2. The summed E-state index contributed by atoms with van der Waals surface area (Å²) in [5.74, 6) is 1.41. The molecule has 21 heavy (non-hydrogen) atoms. The maximum absolute atomic E-state index is 8.81. The fourth-order valence-electron chi connectivity index (χ4n) is 3.43. The number of rotatable bonds is 4. The fraction of sp³-hybridized carbons (Fsp3) is 0.667. The van der Waals surface area contributed by atoms with Gasteiger partial charge in [-0.05, 0) is 31.7 Å². The Hall–Kier alpha value is -1.87. The fourth-order valence-corrected chi connectivity index (χ4v) is 3.43. The Balaban J connectivity index is 1.49. The number of aromatic nitrogens is 2. The highest BCUT2D eigenvalue weighted by Crippen LogP contribution is 2.28. The topological polar surface area (TPSA) is 90.9 Å². The molecule has 0 unspecified atom stereocenters. The van der Waals surface area contributed by atoms with Gasteiger partial charge in [-0.15, -0.1) is 0 Å². The molecule has 112 valence electrons. The highest BCUT2D eigenvalue weighted by Gasteiger charge is 2.29. The van der Waals surface area contributed by atoms with Gasteiger partial charge in [-0.1, -0.05) is 12.8 Å². The maximum Gasteiger partial charge on any atom is 0.224 e. The number of hydrogen-bond donors (Lipinski definition) is 2. The summed E-state index contributed by atoms with van der Waals surface area (Å²) < 4.78 is 0. The lowest BCUT2D eigenvalue weighted by Crippen LogP contribution is -2.31. The van der Waals surface area contributed by atoms with Crippen LogP contribution in [0, 0.1) is 17.2 Å². The predicted octanol–water partition coefficient (Wildman–Crippen LogP) is 1.61. The lowest BCUT2D eigenvalue weighted by Gasteiger charge is -2.23. The molecule has 0 radical (unpaired) electrons. The van der Waals surface area contributed by atoms with Gasteiger partial charge in [0.25, 0.3) is 0 Å². The van der Waals surface area contributed by atoms with Gasteiger partial charge in [-0.3, -0.25) is 0 Å². The number of nitrogens with one attached hydrogen (secondary N) is 1. The van der Waals surface area contributed by atoms with Gasteiger partial charge in [-0.2, -0.15) is 10.2 Å². The quantitative estimate of drug-likeness (QED) is 0.873. The van der Waals surface area contributed by atoms with Gasteiger partial charge in [0.05, 0.1) is 6.20 Å². The van der Waals surface area contributed by atoms with E-state index in [1.54, 1.807) is 0 Å². The minimum absolute atomic E-state index is 0.244. The third kappa shape index (κ3) is 3.24. The molecule has 1 aliphatic carbocycles. The molecule has 1 saturated heterocycles. The normalized spacial score (nSPS) is 23.3. The maximum atomic E-state index is 8.81. The molecule has 1 aliphatic heterocycles. The number of likely N-dealkylation sites (tertiary alicyclic amines) is 1. The highest BCUT2D eigenvalue weighted by atomic mass is 15.2. The molecule has 1 atom stereocenters. The molecule has 1 aromatic heterocycles. The summed E-state index contributed by atoms with van der Waals surface area (Å²) in [6, 6.07) is 2.79. The Morgan fingerprint density at radius 1 is 1.38 bits per heavy atom. The predicted molar refractivity (Wildman–Crippen MR) is 81.6 cm³/mol. The molecule has 2 fully saturated rings. The van der Waals surface area contributed by atoms with Crippen LogP contribution >= 0.6 is 0 Å². The Morgan fingerprint density at radius 3 is 2.90 bits per heavy atom. The number of nitrogens with zero attached hydrogens (tertiary/aromatic N) is 4. The van der Waals surface area contributed by atoms with Crippen LogP contribution in [-0.4, -0.2) is 40.5 Å². The third-order valence-electron chi connectivity index (χ3n) is 4.65. The van der Waals surface area contributed by atoms with Gasteiger partial charge in [0.2, 0.25) is 5.95 Å². The van der Waals surface area contributed by atoms with E-state index in [-0.39, 0.29) is 5.82 Å². The highest BCUT2D eigenvalue weighted by molar-refractivity contribution is 5.49. The standard InChI is InChI=1S/C15H22N6/c16-7-12-9-19-15(20-14(12)17)18-8-11-5-6-21(10-11)13-3-1-2-4-13/h9,11,13H,1-6,8,10H2,(H3,17,18,19,20)/t11-/m1/s1. The van der Waals surface area contributed by atoms with E-state index >= 15 is 0 Å². The first-order valence-electron chi connectivity index (χ1n) is 7.77. The van der Waals surface area contributed by atoms with Crippen LogP contribution in [0.5, 0.6) is 0 Å². The van der Waals surface area contributed by atoms with Gasteiger partial charge >= 0.3 is 0 Å². The minimum atomic E-state index is 0.244. The molecule has 0 bridgehead atoms. The lowest BCUT2D eigenvalue weighted by molar-refractivity contribution is 0.238. The van der Waals surface area contributed by atoms with Gasteiger partial charge < -0.3 is 16.0 Å². The van der Waals surface area contributed by atoms with Crippen molar-refractivity contribution in [2.24, 2.45) is 5.92 Å². The van der Waals surface area contributed by atoms with Crippen molar-refractivity contribution < 1.29 is 0 Å². The zero-order valence-corrected chi connectivity index (χ0v) is 12.3. The van der Waals surface area contributed by atoms with Crippen LogP contribution in [0.15, 0.2) is 6.20 Å². The Labute approximate surface area is 125 Å². The van der Waals surface area contributed by atoms with Crippen LogP contribution in [0.1, 0.15) is 37.7 Å². The molecular weight excluding hydrogens is 264 g/mol. The van der Waals surface area contributed by atoms with E-state index in [4.69, 9.17) is 11.0 Å². The Morgan fingerprint density at radius 2 is 2.19 bits per heavy atom. The minimum Gasteiger partial charge on any atom is -0.382 e. The first-order valence-corrected chi connectivity index (χ1v) is 7.77. The molecule has 1 aromatic rings. The third-order valence-corrected chi connectivity index (χ3v) is 4.65. The summed E-state index contributed by atoms with van der Waals surface area (Å²) in [5, 5.41) is 12.1. The molecule has 2 aliphatic rings. The van der Waals surface area contributed by atoms with Crippen LogP contribution in [0.25, 0.3) is 0 Å². The Kier molecular flexibility index (Phi) is 4.20. The largest absolute Gasteiger partial charge is 0.382 e. The van der Waals surface area contributed by atoms with Crippen LogP contribution in [0.2, 0.25) is 0 Å². The second kappa shape index (κ2) is 6.27. The molecule has 2 heterocycles. The average molecular weight is 286 g/mol. The first-order chi connectivity index (χ1) is 10.3. The van der Waals surface area contributed by atoms with E-state index in [0.717, 1.165) is 12.6 Å². The van der Waals surface area contributed by atoms with Crippen LogP contribution < -0.4 is 11.1 Å². The van der Waals surface area contributed by atoms with E-state index < -0.39 is 0 Å². The average Bonchev–Trinajstić information content (AvgIpc) is 3.16. The van der Waals surface area contributed by atoms with E-state index in [0.29, 0.717) is 17.4 Å². The zero-order valence-electron chi connectivity index (χ0n) is 12.3. The van der Waals surface area contributed by atoms with E-state index in [2.05, 4.69) is 20.2 Å². The van der Waals surface area contributed by atoms with Crippen LogP contribution in [0.4, 0.5) is 11.8 Å². The van der Waals surface area contributed by atoms with Crippen molar-refractivity contribution in [3.63, 3.8) is 0 Å². The van der Waals surface area contributed by atoms with Crippen molar-refractivity contribution in [1.82, 2.24) is 14.9 Å². The molecule has 1 saturated carbocycles. The zero-order chi connectivity index (χ0) is 14.7. The summed E-state index contributed by atoms with van der Waals surface area (Å²) >= 11 is 0. The monoisotopic (exact) mass is 286 g/mol. The molecular formula is C15H22N6. The van der Waals surface area contributed by atoms with Crippen molar-refractivity contribution in [1.29, 1.82) is 5.26 Å². The van der Waals surface area contributed by atoms with Gasteiger partial charge in [0.1, 0.15) is 17.5 Å². The summed E-state index contributed by atoms with van der Waals surface area (Å²) in [6.07, 6.45) is 8.23. The molecule has 0 amide bonds. The smallest absolute Gasteiger partial charge is 0.224 e. The van der Waals surface area contributed by atoms with Crippen molar-refractivity contribution in [2.45, 2.75) is 38.1 Å². The van der Waals surface area contributed by atoms with E-state index in [1.807, 2.05) is 6.07 Å². The molecule has 0 aromatic carbocycles. The number of nitriles is 1. The SMILES string of the molecule is N#Cc1cnc(NC[C@H]2CCN(C3CCCC3)C2)nc1N. The second-order valence-electron chi connectivity index (χ2n) is 6.07. The van der Waals surface area contributed by atoms with Crippen LogP contribution in [-0.2, 0) is 0 Å². The van der Waals surface area contributed by atoms with Gasteiger partial charge in [-0.25, -0.2) is 4.98 Å². The van der Waals surface area contributed by atoms with Crippen molar-refractivity contribution in [3.05, 3.63) is 11.8 Å². The van der Waals surface area contributed by atoms with E-state index in [1.165, 1.54) is 51.4 Å². The molecule has 3 N–H and O–H groups in total. The molecule has 6 nitrogen and oxygen atoms in total. The van der Waals surface area contributed by atoms with Crippen LogP contribution in [0.3, 0.4) is 0 Å². The number of nitrogen functional groups attached to an aromatic ring is 1. The second-order valence-corrected chi connectivity index (χ2v) is 6.07. The Bertz CT molecular complexity index is 531. The van der Waals surface area contributed by atoms with Crippen molar-refractivity contribution in [3.8, 4) is 6.07 Å².